The lowest BCUT2D eigenvalue weighted by Crippen LogP contribution is -2.49. The van der Waals surface area contributed by atoms with Gasteiger partial charge in [0, 0.05) is 18.3 Å². The van der Waals surface area contributed by atoms with Crippen molar-refractivity contribution in [2.45, 2.75) is 24.9 Å². The van der Waals surface area contributed by atoms with E-state index in [1.807, 2.05) is 0 Å². The molecule has 1 heterocycles. The lowest BCUT2D eigenvalue weighted by molar-refractivity contribution is -0.142. The fourth-order valence-corrected chi connectivity index (χ4v) is 1.64. The van der Waals surface area contributed by atoms with E-state index in [1.54, 1.807) is 0 Å². The summed E-state index contributed by atoms with van der Waals surface area (Å²) in [7, 11) is 0. The van der Waals surface area contributed by atoms with E-state index in [2.05, 4.69) is 20.6 Å². The van der Waals surface area contributed by atoms with Crippen LogP contribution in [0, 0.1) is 0 Å². The van der Waals surface area contributed by atoms with E-state index >= 15 is 0 Å². The summed E-state index contributed by atoms with van der Waals surface area (Å²) in [6.07, 6.45) is 2.22. The van der Waals surface area contributed by atoms with Crippen LogP contribution < -0.4 is 16.4 Å². The zero-order valence-electron chi connectivity index (χ0n) is 12.0. The molecule has 126 valence electrons. The van der Waals surface area contributed by atoms with Crippen LogP contribution in [0.15, 0.2) is 12.5 Å². The molecule has 11 nitrogen and oxygen atoms in total. The molecule has 0 saturated heterocycles. The topological polar surface area (TPSA) is 188 Å². The third-order valence-electron chi connectivity index (χ3n) is 2.77. The van der Waals surface area contributed by atoms with Crippen molar-refractivity contribution >= 4 is 23.8 Å². The summed E-state index contributed by atoms with van der Waals surface area (Å²) < 4.78 is 0. The van der Waals surface area contributed by atoms with Crippen LogP contribution in [0.2, 0.25) is 0 Å². The van der Waals surface area contributed by atoms with Gasteiger partial charge in [0.1, 0.15) is 6.04 Å². The summed E-state index contributed by atoms with van der Waals surface area (Å²) in [5.41, 5.74) is 5.83. The molecule has 7 N–H and O–H groups in total. The molecule has 0 saturated carbocycles. The number of aliphatic carboxylic acids is 2. The van der Waals surface area contributed by atoms with E-state index < -0.39 is 48.8 Å². The van der Waals surface area contributed by atoms with Crippen molar-refractivity contribution in [1.29, 1.82) is 0 Å². The van der Waals surface area contributed by atoms with Gasteiger partial charge < -0.3 is 31.6 Å². The van der Waals surface area contributed by atoms with Crippen molar-refractivity contribution in [2.75, 3.05) is 6.54 Å². The monoisotopic (exact) mass is 327 g/mol. The molecular weight excluding hydrogens is 310 g/mol. The number of carboxylic acid groups (broad SMARTS) is 2. The van der Waals surface area contributed by atoms with E-state index in [0.717, 1.165) is 0 Å². The minimum absolute atomic E-state index is 0.00640. The molecule has 0 aromatic carbocycles. The minimum Gasteiger partial charge on any atom is -0.481 e. The Morgan fingerprint density at radius 3 is 2.52 bits per heavy atom. The number of hydrogen-bond acceptors (Lipinski definition) is 6. The highest BCUT2D eigenvalue weighted by Crippen LogP contribution is 1.98. The first-order valence-corrected chi connectivity index (χ1v) is 6.54. The van der Waals surface area contributed by atoms with Gasteiger partial charge in [0.15, 0.2) is 0 Å². The zero-order chi connectivity index (χ0) is 17.4. The predicted molar refractivity (Wildman–Crippen MR) is 75.1 cm³/mol. The van der Waals surface area contributed by atoms with Gasteiger partial charge in [0.2, 0.25) is 11.8 Å². The molecule has 11 heteroatoms. The fourth-order valence-electron chi connectivity index (χ4n) is 1.64. The number of nitrogens with one attached hydrogen (secondary N) is 3. The summed E-state index contributed by atoms with van der Waals surface area (Å²) in [5, 5.41) is 21.9. The predicted octanol–water partition coefficient (Wildman–Crippen LogP) is -2.56. The molecule has 0 bridgehead atoms. The molecule has 0 radical (unpaired) electrons. The number of carbonyl (C=O) groups excluding carboxylic acids is 2. The van der Waals surface area contributed by atoms with Crippen molar-refractivity contribution in [2.24, 2.45) is 5.73 Å². The highest BCUT2D eigenvalue weighted by molar-refractivity contribution is 5.90. The van der Waals surface area contributed by atoms with Gasteiger partial charge in [-0.1, -0.05) is 0 Å². The average molecular weight is 327 g/mol. The quantitative estimate of drug-likeness (QED) is 0.285. The summed E-state index contributed by atoms with van der Waals surface area (Å²) in [6, 6.07) is -2.49. The van der Waals surface area contributed by atoms with Gasteiger partial charge in [-0.25, -0.2) is 9.78 Å². The molecule has 0 fully saturated rings. The van der Waals surface area contributed by atoms with Crippen LogP contribution in [0.1, 0.15) is 12.1 Å². The van der Waals surface area contributed by atoms with Crippen LogP contribution in [-0.4, -0.2) is 62.6 Å². The number of aromatic amines is 1. The Kier molecular flexibility index (Phi) is 6.68. The second kappa shape index (κ2) is 8.48. The zero-order valence-corrected chi connectivity index (χ0v) is 12.0. The molecule has 1 aromatic heterocycles. The van der Waals surface area contributed by atoms with Gasteiger partial charge in [-0.3, -0.25) is 14.4 Å². The summed E-state index contributed by atoms with van der Waals surface area (Å²) in [4.78, 5) is 51.1. The largest absolute Gasteiger partial charge is 0.481 e. The standard InChI is InChI=1S/C12H17N5O6/c13-7(2-10(19)20)11(21)15-4-9(18)17-8(12(22)23)1-6-3-14-5-16-6/h3,5,7-8H,1-2,4,13H2,(H,14,16)(H,15,21)(H,17,18)(H,19,20)(H,22,23)/t7-,8-/m0/s1. The molecule has 0 aliphatic rings. The van der Waals surface area contributed by atoms with Crippen LogP contribution in [0.5, 0.6) is 0 Å². The second-order valence-electron chi connectivity index (χ2n) is 4.66. The van der Waals surface area contributed by atoms with Gasteiger partial charge in [0.05, 0.1) is 25.3 Å². The highest BCUT2D eigenvalue weighted by Gasteiger charge is 2.22. The van der Waals surface area contributed by atoms with Crippen LogP contribution >= 0.6 is 0 Å². The third kappa shape index (κ3) is 6.56. The summed E-state index contributed by atoms with van der Waals surface area (Å²) in [5.74, 6) is -4.06. The number of aromatic nitrogens is 2. The Morgan fingerprint density at radius 1 is 1.30 bits per heavy atom. The van der Waals surface area contributed by atoms with Crippen molar-refractivity contribution < 1.29 is 29.4 Å². The SMILES string of the molecule is N[C@@H](CC(=O)O)C(=O)NCC(=O)N[C@@H](Cc1cnc[nH]1)C(=O)O. The molecule has 2 atom stereocenters. The first kappa shape index (κ1) is 18.1. The first-order valence-electron chi connectivity index (χ1n) is 6.54. The van der Waals surface area contributed by atoms with Crippen LogP contribution in [0.25, 0.3) is 0 Å². The van der Waals surface area contributed by atoms with Gasteiger partial charge in [-0.15, -0.1) is 0 Å². The molecule has 23 heavy (non-hydrogen) atoms. The number of hydrogen-bond donors (Lipinski definition) is 6. The molecule has 2 amide bonds. The Labute approximate surface area is 130 Å². The van der Waals surface area contributed by atoms with Gasteiger partial charge in [-0.05, 0) is 0 Å². The first-order chi connectivity index (χ1) is 10.8. The van der Waals surface area contributed by atoms with E-state index in [4.69, 9.17) is 15.9 Å². The Balaban J connectivity index is 2.45. The lowest BCUT2D eigenvalue weighted by atomic mass is 10.1. The molecular formula is C12H17N5O6. The lowest BCUT2D eigenvalue weighted by Gasteiger charge is -2.15. The summed E-state index contributed by atoms with van der Waals surface area (Å²) >= 11 is 0. The smallest absolute Gasteiger partial charge is 0.326 e. The van der Waals surface area contributed by atoms with Gasteiger partial charge in [0.25, 0.3) is 0 Å². The number of H-pyrrole nitrogens is 1. The Morgan fingerprint density at radius 2 is 2.00 bits per heavy atom. The maximum Gasteiger partial charge on any atom is 0.326 e. The number of amides is 2. The number of imidazole rings is 1. The Bertz CT molecular complexity index is 573. The van der Waals surface area contributed by atoms with E-state index in [0.29, 0.717) is 5.69 Å². The average Bonchev–Trinajstić information content (AvgIpc) is 2.96. The van der Waals surface area contributed by atoms with Gasteiger partial charge >= 0.3 is 11.9 Å². The molecule has 0 aliphatic heterocycles. The van der Waals surface area contributed by atoms with Crippen LogP contribution in [0.3, 0.4) is 0 Å². The molecule has 1 rings (SSSR count). The molecule has 0 spiro atoms. The molecule has 1 aromatic rings. The minimum atomic E-state index is -1.29. The number of rotatable bonds is 9. The van der Waals surface area contributed by atoms with E-state index in [-0.39, 0.29) is 6.42 Å². The summed E-state index contributed by atoms with van der Waals surface area (Å²) in [6.45, 7) is -0.515. The van der Waals surface area contributed by atoms with Gasteiger partial charge in [-0.2, -0.15) is 0 Å². The van der Waals surface area contributed by atoms with E-state index in [1.165, 1.54) is 12.5 Å². The molecule has 0 unspecified atom stereocenters. The highest BCUT2D eigenvalue weighted by atomic mass is 16.4. The third-order valence-corrected chi connectivity index (χ3v) is 2.77. The van der Waals surface area contributed by atoms with Crippen molar-refractivity contribution in [3.8, 4) is 0 Å². The number of nitrogens with two attached hydrogens (primary N) is 1. The van der Waals surface area contributed by atoms with Crippen LogP contribution in [0.4, 0.5) is 0 Å². The Hall–Kier alpha value is -2.95. The molecule has 0 aliphatic carbocycles. The second-order valence-corrected chi connectivity index (χ2v) is 4.66. The fraction of sp³-hybridized carbons (Fsp3) is 0.417. The maximum absolute atomic E-state index is 11.7. The maximum atomic E-state index is 11.7. The van der Waals surface area contributed by atoms with Crippen LogP contribution in [-0.2, 0) is 25.6 Å². The van der Waals surface area contributed by atoms with E-state index in [9.17, 15) is 19.2 Å². The number of carbonyl (C=O) groups is 4. The van der Waals surface area contributed by atoms with Crippen molar-refractivity contribution in [1.82, 2.24) is 20.6 Å². The number of carboxylic acids is 2. The normalized spacial score (nSPS) is 12.9. The van der Waals surface area contributed by atoms with Crippen molar-refractivity contribution in [3.05, 3.63) is 18.2 Å². The number of nitrogens with zero attached hydrogens (tertiary/aromatic N) is 1. The van der Waals surface area contributed by atoms with Crippen molar-refractivity contribution in [3.63, 3.8) is 0 Å².